The summed E-state index contributed by atoms with van der Waals surface area (Å²) in [6.45, 7) is 0. The van der Waals surface area contributed by atoms with E-state index in [0.29, 0.717) is 0 Å². The van der Waals surface area contributed by atoms with Gasteiger partial charge in [-0.3, -0.25) is 9.09 Å². The van der Waals surface area contributed by atoms with Crippen LogP contribution in [0.5, 0.6) is 0 Å². The van der Waals surface area contributed by atoms with E-state index >= 15 is 0 Å². The van der Waals surface area contributed by atoms with Crippen molar-refractivity contribution in [1.29, 1.82) is 0 Å². The summed E-state index contributed by atoms with van der Waals surface area (Å²) in [5.41, 5.74) is 0. The summed E-state index contributed by atoms with van der Waals surface area (Å²) in [6.07, 6.45) is -1.33. The van der Waals surface area contributed by atoms with Crippen molar-refractivity contribution in [3.63, 3.8) is 0 Å². The molecule has 0 radical (unpaired) electrons. The highest BCUT2D eigenvalue weighted by molar-refractivity contribution is 7.32. The van der Waals surface area contributed by atoms with Crippen LogP contribution in [0.15, 0.2) is 0 Å². The lowest BCUT2D eigenvalue weighted by Gasteiger charge is -2.02. The Kier molecular flexibility index (Phi) is 4.51. The Morgan fingerprint density at radius 2 is 2.38 bits per heavy atom. The predicted octanol–water partition coefficient (Wildman–Crippen LogP) is -0.0578. The second kappa shape index (κ2) is 4.30. The molecular weight excluding hydrogens is 154 g/mol. The summed E-state index contributed by atoms with van der Waals surface area (Å²) in [4.78, 5) is 7.96. The third-order valence-corrected chi connectivity index (χ3v) is 1.11. The maximum atomic E-state index is 9.71. The second-order valence-corrected chi connectivity index (χ2v) is 2.07. The van der Waals surface area contributed by atoms with E-state index in [1.165, 1.54) is 0 Å². The Morgan fingerprint density at radius 1 is 1.88 bits per heavy atom. The molecule has 50 valence electrons. The molecule has 2 unspecified atom stereocenters. The maximum Gasteiger partial charge on any atom is 0.318 e. The first kappa shape index (κ1) is 8.40. The highest BCUT2D eigenvalue weighted by atomic mass is 35.5. The molecule has 0 saturated heterocycles. The number of aliphatic hydroxyl groups excluding tert-OH is 1. The van der Waals surface area contributed by atoms with E-state index in [1.54, 1.807) is 0 Å². The van der Waals surface area contributed by atoms with Gasteiger partial charge in [0, 0.05) is 0 Å². The van der Waals surface area contributed by atoms with Gasteiger partial charge in [0.25, 0.3) is 0 Å². The van der Waals surface area contributed by atoms with Gasteiger partial charge in [0.1, 0.15) is 0 Å². The van der Waals surface area contributed by atoms with Crippen LogP contribution >= 0.6 is 19.9 Å². The molecule has 0 aliphatic rings. The normalized spacial score (nSPS) is 17.9. The van der Waals surface area contributed by atoms with E-state index in [1.807, 2.05) is 0 Å². The number of aliphatic hydroxyl groups is 1. The number of alkyl halides is 1. The van der Waals surface area contributed by atoms with Gasteiger partial charge in [-0.2, -0.15) is 0 Å². The van der Waals surface area contributed by atoms with E-state index in [9.17, 15) is 4.57 Å². The van der Waals surface area contributed by atoms with Crippen LogP contribution in [-0.2, 0) is 9.09 Å². The van der Waals surface area contributed by atoms with Crippen LogP contribution in [0.25, 0.3) is 0 Å². The van der Waals surface area contributed by atoms with Crippen LogP contribution in [0, 0.1) is 0 Å². The van der Waals surface area contributed by atoms with Crippen molar-refractivity contribution in [2.45, 2.75) is 6.29 Å². The Balaban J connectivity index is 3.24. The molecule has 6 heteroatoms. The van der Waals surface area contributed by atoms with Crippen LogP contribution < -0.4 is 0 Å². The van der Waals surface area contributed by atoms with Crippen LogP contribution in [0.4, 0.5) is 0 Å². The third kappa shape index (κ3) is 4.56. The predicted molar refractivity (Wildman–Crippen MR) is 29.0 cm³/mol. The van der Waals surface area contributed by atoms with Crippen molar-refractivity contribution in [2.24, 2.45) is 0 Å². The number of rotatable bonds is 3. The lowest BCUT2D eigenvalue weighted by molar-refractivity contribution is 0.00115. The number of hydrogen-bond acceptors (Lipinski definition) is 3. The summed E-state index contributed by atoms with van der Waals surface area (Å²) in [6, 6.07) is 0. The molecule has 0 aromatic carbocycles. The summed E-state index contributed by atoms with van der Waals surface area (Å²) in [5.74, 6) is -0.197. The molecule has 0 fully saturated rings. The van der Waals surface area contributed by atoms with Gasteiger partial charge < -0.3 is 10.00 Å². The average Bonchev–Trinajstić information content (AvgIpc) is 1.65. The third-order valence-electron chi connectivity index (χ3n) is 0.369. The molecule has 0 spiro atoms. The fourth-order valence-corrected chi connectivity index (χ4v) is 0.633. The molecule has 2 atom stereocenters. The monoisotopic (exact) mass is 160 g/mol. The van der Waals surface area contributed by atoms with E-state index < -0.39 is 14.5 Å². The molecule has 0 bridgehead atoms. The molecule has 0 aliphatic heterocycles. The minimum absolute atomic E-state index is 0.197. The molecule has 0 saturated carbocycles. The van der Waals surface area contributed by atoms with Crippen molar-refractivity contribution in [1.82, 2.24) is 0 Å². The standard InChI is InChI=1S/C2H6ClO4P/c3-1-2(4)7-8(5)6/h2,4,8H,1H2,(H,5,6). The van der Waals surface area contributed by atoms with E-state index in [4.69, 9.17) is 21.6 Å². The van der Waals surface area contributed by atoms with Crippen LogP contribution in [-0.4, -0.2) is 22.2 Å². The van der Waals surface area contributed by atoms with Crippen molar-refractivity contribution < 1.29 is 19.1 Å². The van der Waals surface area contributed by atoms with Gasteiger partial charge in [0.05, 0.1) is 5.88 Å². The van der Waals surface area contributed by atoms with E-state index in [-0.39, 0.29) is 5.88 Å². The Morgan fingerprint density at radius 3 is 2.50 bits per heavy atom. The lowest BCUT2D eigenvalue weighted by Crippen LogP contribution is -2.08. The highest BCUT2D eigenvalue weighted by Crippen LogP contribution is 2.16. The van der Waals surface area contributed by atoms with E-state index in [2.05, 4.69) is 4.52 Å². The first-order valence-electron chi connectivity index (χ1n) is 1.80. The number of halogens is 1. The fraction of sp³-hybridized carbons (Fsp3) is 1.00. The van der Waals surface area contributed by atoms with Crippen LogP contribution in [0.3, 0.4) is 0 Å². The van der Waals surface area contributed by atoms with Crippen molar-refractivity contribution in [3.05, 3.63) is 0 Å². The van der Waals surface area contributed by atoms with E-state index in [0.717, 1.165) is 0 Å². The Bertz CT molecular complexity index is 86.1. The van der Waals surface area contributed by atoms with Gasteiger partial charge >= 0.3 is 8.25 Å². The summed E-state index contributed by atoms with van der Waals surface area (Å²) >= 11 is 4.99. The molecule has 8 heavy (non-hydrogen) atoms. The molecule has 4 nitrogen and oxygen atoms in total. The Hall–Kier alpha value is 0.400. The molecule has 0 aliphatic carbocycles. The molecular formula is C2H6ClO4P. The topological polar surface area (TPSA) is 66.8 Å². The minimum atomic E-state index is -3.03. The van der Waals surface area contributed by atoms with Gasteiger partial charge in [-0.15, -0.1) is 11.6 Å². The zero-order chi connectivity index (χ0) is 6.57. The Labute approximate surface area is 52.0 Å². The average molecular weight is 160 g/mol. The highest BCUT2D eigenvalue weighted by Gasteiger charge is 2.02. The number of hydrogen-bond donors (Lipinski definition) is 2. The molecule has 2 N–H and O–H groups in total. The largest absolute Gasteiger partial charge is 0.367 e. The molecule has 0 rings (SSSR count). The zero-order valence-electron chi connectivity index (χ0n) is 3.87. The molecule has 0 heterocycles. The smallest absolute Gasteiger partial charge is 0.318 e. The van der Waals surface area contributed by atoms with Gasteiger partial charge in [-0.25, -0.2) is 0 Å². The summed E-state index contributed by atoms with van der Waals surface area (Å²) in [7, 11) is -3.03. The van der Waals surface area contributed by atoms with Crippen LogP contribution in [0.2, 0.25) is 0 Å². The van der Waals surface area contributed by atoms with Crippen molar-refractivity contribution in [2.75, 3.05) is 5.88 Å². The zero-order valence-corrected chi connectivity index (χ0v) is 5.63. The van der Waals surface area contributed by atoms with Crippen molar-refractivity contribution in [3.8, 4) is 0 Å². The van der Waals surface area contributed by atoms with Gasteiger partial charge in [-0.1, -0.05) is 0 Å². The molecule has 0 amide bonds. The second-order valence-electron chi connectivity index (χ2n) is 0.993. The van der Waals surface area contributed by atoms with Gasteiger partial charge in [-0.05, 0) is 0 Å². The summed E-state index contributed by atoms with van der Waals surface area (Å²) in [5, 5.41) is 8.34. The summed E-state index contributed by atoms with van der Waals surface area (Å²) < 4.78 is 13.6. The maximum absolute atomic E-state index is 9.71. The molecule has 0 aromatic heterocycles. The molecule has 0 aromatic rings. The SMILES string of the molecule is O=[PH](O)OC(O)CCl. The van der Waals surface area contributed by atoms with Gasteiger partial charge in [0.15, 0.2) is 6.29 Å². The fourth-order valence-electron chi connectivity index (χ4n) is 0.148. The quantitative estimate of drug-likeness (QED) is 0.345. The first-order valence-corrected chi connectivity index (χ1v) is 3.60. The van der Waals surface area contributed by atoms with Gasteiger partial charge in [0.2, 0.25) is 0 Å². The minimum Gasteiger partial charge on any atom is -0.367 e. The van der Waals surface area contributed by atoms with Crippen LogP contribution in [0.1, 0.15) is 0 Å². The lowest BCUT2D eigenvalue weighted by atomic mass is 10.8. The first-order chi connectivity index (χ1) is 3.66. The van der Waals surface area contributed by atoms with Crippen molar-refractivity contribution >= 4 is 19.9 Å².